The van der Waals surface area contributed by atoms with Crippen LogP contribution in [0.5, 0.6) is 0 Å². The summed E-state index contributed by atoms with van der Waals surface area (Å²) < 4.78 is 0. The van der Waals surface area contributed by atoms with Crippen LogP contribution in [0.25, 0.3) is 0 Å². The number of hydrogen-bond donors (Lipinski definition) is 3. The highest BCUT2D eigenvalue weighted by Gasteiger charge is 2.09. The highest BCUT2D eigenvalue weighted by atomic mass is 35.5. The summed E-state index contributed by atoms with van der Waals surface area (Å²) in [6, 6.07) is 7.26. The largest absolute Gasteiger partial charge is 0.370 e. The number of urea groups is 1. The Balaban J connectivity index is 2.28. The molecule has 6 heteroatoms. The van der Waals surface area contributed by atoms with Crippen molar-refractivity contribution in [3.8, 4) is 0 Å². The second-order valence-electron chi connectivity index (χ2n) is 4.67. The van der Waals surface area contributed by atoms with Gasteiger partial charge in [0.25, 0.3) is 0 Å². The molecule has 0 saturated carbocycles. The van der Waals surface area contributed by atoms with Gasteiger partial charge < -0.3 is 16.4 Å². The first-order chi connectivity index (χ1) is 9.49. The number of nitrogens with one attached hydrogen (secondary N) is 2. The average Bonchev–Trinajstić information content (AvgIpc) is 2.37. The maximum absolute atomic E-state index is 11.6. The topological polar surface area (TPSA) is 84.2 Å². The quantitative estimate of drug-likeness (QED) is 0.671. The summed E-state index contributed by atoms with van der Waals surface area (Å²) in [6.45, 7) is 2.33. The van der Waals surface area contributed by atoms with Crippen LogP contribution in [-0.2, 0) is 11.2 Å². The van der Waals surface area contributed by atoms with Gasteiger partial charge in [-0.15, -0.1) is 0 Å². The third-order valence-corrected chi connectivity index (χ3v) is 3.12. The summed E-state index contributed by atoms with van der Waals surface area (Å²) in [5.41, 5.74) is 6.01. The Morgan fingerprint density at radius 1 is 1.35 bits per heavy atom. The number of carbonyl (C=O) groups is 2. The third-order valence-electron chi connectivity index (χ3n) is 2.75. The van der Waals surface area contributed by atoms with E-state index in [1.54, 1.807) is 0 Å². The Kier molecular flexibility index (Phi) is 6.87. The van der Waals surface area contributed by atoms with E-state index in [1.807, 2.05) is 31.2 Å². The minimum absolute atomic E-state index is 0.0361. The van der Waals surface area contributed by atoms with Gasteiger partial charge in [0, 0.05) is 24.0 Å². The molecule has 0 radical (unpaired) electrons. The van der Waals surface area contributed by atoms with E-state index in [9.17, 15) is 9.59 Å². The smallest absolute Gasteiger partial charge is 0.315 e. The van der Waals surface area contributed by atoms with E-state index in [-0.39, 0.29) is 24.4 Å². The number of amides is 3. The monoisotopic (exact) mass is 297 g/mol. The van der Waals surface area contributed by atoms with Crippen LogP contribution in [0, 0.1) is 0 Å². The molecule has 0 aliphatic heterocycles. The van der Waals surface area contributed by atoms with Gasteiger partial charge in [-0.05, 0) is 31.4 Å². The van der Waals surface area contributed by atoms with Crippen molar-refractivity contribution in [2.45, 2.75) is 32.2 Å². The van der Waals surface area contributed by atoms with Crippen LogP contribution < -0.4 is 16.4 Å². The van der Waals surface area contributed by atoms with E-state index in [1.165, 1.54) is 0 Å². The van der Waals surface area contributed by atoms with E-state index < -0.39 is 0 Å². The number of primary amides is 1. The van der Waals surface area contributed by atoms with Crippen LogP contribution in [0.2, 0.25) is 5.02 Å². The van der Waals surface area contributed by atoms with Crippen LogP contribution in [0.3, 0.4) is 0 Å². The number of rotatable bonds is 7. The minimum atomic E-state index is -0.362. The van der Waals surface area contributed by atoms with Crippen LogP contribution >= 0.6 is 11.6 Å². The lowest BCUT2D eigenvalue weighted by Gasteiger charge is -2.15. The molecule has 0 saturated heterocycles. The molecule has 0 bridgehead atoms. The van der Waals surface area contributed by atoms with Gasteiger partial charge in [0.1, 0.15) is 0 Å². The van der Waals surface area contributed by atoms with E-state index >= 15 is 0 Å². The van der Waals surface area contributed by atoms with Gasteiger partial charge in [-0.25, -0.2) is 4.79 Å². The van der Waals surface area contributed by atoms with Crippen molar-refractivity contribution in [3.05, 3.63) is 34.9 Å². The summed E-state index contributed by atoms with van der Waals surface area (Å²) in [5.74, 6) is -0.362. The molecule has 0 heterocycles. The van der Waals surface area contributed by atoms with E-state index in [2.05, 4.69) is 10.6 Å². The number of nitrogens with two attached hydrogens (primary N) is 1. The normalized spacial score (nSPS) is 11.7. The molecule has 0 spiro atoms. The van der Waals surface area contributed by atoms with Gasteiger partial charge in [-0.3, -0.25) is 4.79 Å². The first kappa shape index (κ1) is 16.3. The Bertz CT molecular complexity index is 465. The van der Waals surface area contributed by atoms with Crippen molar-refractivity contribution < 1.29 is 9.59 Å². The number of carbonyl (C=O) groups excluding carboxylic acids is 2. The van der Waals surface area contributed by atoms with Crippen LogP contribution in [-0.4, -0.2) is 24.5 Å². The predicted molar refractivity (Wildman–Crippen MR) is 79.6 cm³/mol. The molecule has 1 rings (SSSR count). The second-order valence-corrected chi connectivity index (χ2v) is 5.07. The van der Waals surface area contributed by atoms with Crippen LogP contribution in [0.15, 0.2) is 24.3 Å². The summed E-state index contributed by atoms with van der Waals surface area (Å²) in [6.07, 6.45) is 1.48. The number of benzene rings is 1. The van der Waals surface area contributed by atoms with Gasteiger partial charge in [0.2, 0.25) is 5.91 Å². The van der Waals surface area contributed by atoms with Gasteiger partial charge in [0.15, 0.2) is 0 Å². The fourth-order valence-corrected chi connectivity index (χ4v) is 2.00. The maximum Gasteiger partial charge on any atom is 0.315 e. The molecule has 3 amide bonds. The lowest BCUT2D eigenvalue weighted by atomic mass is 10.1. The zero-order chi connectivity index (χ0) is 15.0. The van der Waals surface area contributed by atoms with Crippen molar-refractivity contribution in [2.75, 3.05) is 6.54 Å². The van der Waals surface area contributed by atoms with Crippen LogP contribution in [0.1, 0.15) is 25.3 Å². The van der Waals surface area contributed by atoms with Crippen molar-refractivity contribution in [1.29, 1.82) is 0 Å². The summed E-state index contributed by atoms with van der Waals surface area (Å²) in [4.78, 5) is 22.1. The fraction of sp³-hybridized carbons (Fsp3) is 0.429. The minimum Gasteiger partial charge on any atom is -0.370 e. The Hall–Kier alpha value is -1.75. The molecule has 110 valence electrons. The summed E-state index contributed by atoms with van der Waals surface area (Å²) in [7, 11) is 0. The highest BCUT2D eigenvalue weighted by molar-refractivity contribution is 6.31. The summed E-state index contributed by atoms with van der Waals surface area (Å²) in [5, 5.41) is 6.19. The van der Waals surface area contributed by atoms with Crippen LogP contribution in [0.4, 0.5) is 4.79 Å². The number of hydrogen-bond acceptors (Lipinski definition) is 2. The molecule has 0 aliphatic carbocycles. The van der Waals surface area contributed by atoms with Gasteiger partial charge in [-0.2, -0.15) is 0 Å². The van der Waals surface area contributed by atoms with E-state index in [0.717, 1.165) is 5.56 Å². The fourth-order valence-electron chi connectivity index (χ4n) is 1.78. The Morgan fingerprint density at radius 2 is 2.05 bits per heavy atom. The number of halogens is 1. The van der Waals surface area contributed by atoms with E-state index in [4.69, 9.17) is 17.3 Å². The maximum atomic E-state index is 11.6. The first-order valence-corrected chi connectivity index (χ1v) is 6.93. The van der Waals surface area contributed by atoms with Crippen molar-refractivity contribution in [1.82, 2.24) is 10.6 Å². The molecule has 0 fully saturated rings. The first-order valence-electron chi connectivity index (χ1n) is 6.55. The molecule has 1 unspecified atom stereocenters. The Labute approximate surface area is 123 Å². The van der Waals surface area contributed by atoms with Crippen molar-refractivity contribution in [3.63, 3.8) is 0 Å². The van der Waals surface area contributed by atoms with Crippen molar-refractivity contribution in [2.24, 2.45) is 5.73 Å². The molecular weight excluding hydrogens is 278 g/mol. The SMILES string of the molecule is CC(Cc1ccccc1Cl)NC(=O)NCCCC(N)=O. The molecule has 1 aromatic carbocycles. The van der Waals surface area contributed by atoms with Gasteiger partial charge in [0.05, 0.1) is 0 Å². The molecule has 20 heavy (non-hydrogen) atoms. The highest BCUT2D eigenvalue weighted by Crippen LogP contribution is 2.16. The third kappa shape index (κ3) is 6.43. The molecule has 5 nitrogen and oxygen atoms in total. The van der Waals surface area contributed by atoms with Gasteiger partial charge >= 0.3 is 6.03 Å². The van der Waals surface area contributed by atoms with E-state index in [0.29, 0.717) is 24.4 Å². The molecule has 0 aliphatic rings. The van der Waals surface area contributed by atoms with Crippen molar-refractivity contribution >= 4 is 23.5 Å². The lowest BCUT2D eigenvalue weighted by Crippen LogP contribution is -2.42. The predicted octanol–water partition coefficient (Wildman–Crippen LogP) is 1.84. The zero-order valence-electron chi connectivity index (χ0n) is 11.5. The molecule has 1 aromatic rings. The average molecular weight is 298 g/mol. The standard InChI is InChI=1S/C14H20ClN3O2/c1-10(9-11-5-2-3-6-12(11)15)18-14(20)17-8-4-7-13(16)19/h2-3,5-6,10H,4,7-9H2,1H3,(H2,16,19)(H2,17,18,20). The molecular formula is C14H20ClN3O2. The Morgan fingerprint density at radius 3 is 2.70 bits per heavy atom. The summed E-state index contributed by atoms with van der Waals surface area (Å²) >= 11 is 6.06. The zero-order valence-corrected chi connectivity index (χ0v) is 12.2. The second kappa shape index (κ2) is 8.43. The molecule has 0 aromatic heterocycles. The molecule has 1 atom stereocenters. The lowest BCUT2D eigenvalue weighted by molar-refractivity contribution is -0.118. The molecule has 4 N–H and O–H groups in total. The van der Waals surface area contributed by atoms with Gasteiger partial charge in [-0.1, -0.05) is 29.8 Å².